The van der Waals surface area contributed by atoms with Gasteiger partial charge in [0, 0.05) is 25.2 Å². The Labute approximate surface area is 193 Å². The summed E-state index contributed by atoms with van der Waals surface area (Å²) in [5, 5.41) is 20.2. The SMILES string of the molecule is CCC(O)/C=C/C=C/C=C/C(=O)CCCCCCCC(=O)OC(CC(=O)[O-])C[N+](C)(C)C. The fourth-order valence-electron chi connectivity index (χ4n) is 2.99. The molecule has 0 saturated carbocycles. The van der Waals surface area contributed by atoms with Gasteiger partial charge in [-0.25, -0.2) is 0 Å². The highest BCUT2D eigenvalue weighted by Gasteiger charge is 2.22. The number of hydrogen-bond donors (Lipinski definition) is 1. The number of aliphatic hydroxyl groups excluding tert-OH is 1. The standard InChI is InChI=1S/C25H41NO6/c1-5-21(27)15-11-9-10-13-17-22(28)16-12-7-6-8-14-18-25(31)32-23(19-24(29)30)20-26(2,3)4/h9-11,13,15,17,21,23,27H,5-8,12,14,16,18-20H2,1-4H3/b10-9+,15-11+,17-13+. The lowest BCUT2D eigenvalue weighted by Crippen LogP contribution is -2.45. The van der Waals surface area contributed by atoms with Crippen LogP contribution in [-0.2, 0) is 19.1 Å². The summed E-state index contributed by atoms with van der Waals surface area (Å²) < 4.78 is 5.82. The molecular weight excluding hydrogens is 410 g/mol. The van der Waals surface area contributed by atoms with E-state index in [1.807, 2.05) is 28.1 Å². The summed E-state index contributed by atoms with van der Waals surface area (Å²) >= 11 is 0. The van der Waals surface area contributed by atoms with Gasteiger partial charge in [-0.05, 0) is 25.3 Å². The molecule has 32 heavy (non-hydrogen) atoms. The van der Waals surface area contributed by atoms with Crippen LogP contribution in [-0.4, -0.2) is 67.2 Å². The van der Waals surface area contributed by atoms with Crippen molar-refractivity contribution in [3.8, 4) is 0 Å². The predicted octanol–water partition coefficient (Wildman–Crippen LogP) is 2.48. The second-order valence-corrected chi connectivity index (χ2v) is 9.00. The number of carbonyl (C=O) groups is 3. The summed E-state index contributed by atoms with van der Waals surface area (Å²) in [5.74, 6) is -1.52. The van der Waals surface area contributed by atoms with Gasteiger partial charge < -0.3 is 24.2 Å². The summed E-state index contributed by atoms with van der Waals surface area (Å²) in [6, 6.07) is 0. The number of allylic oxidation sites excluding steroid dienone is 5. The van der Waals surface area contributed by atoms with Crippen molar-refractivity contribution in [1.82, 2.24) is 0 Å². The highest BCUT2D eigenvalue weighted by Crippen LogP contribution is 2.11. The molecule has 0 aliphatic carbocycles. The third kappa shape index (κ3) is 19.7. The fourth-order valence-corrected chi connectivity index (χ4v) is 2.99. The van der Waals surface area contributed by atoms with Crippen LogP contribution in [0.2, 0.25) is 0 Å². The Hall–Kier alpha value is -2.25. The van der Waals surface area contributed by atoms with Crippen LogP contribution in [0.5, 0.6) is 0 Å². The van der Waals surface area contributed by atoms with E-state index in [9.17, 15) is 24.6 Å². The van der Waals surface area contributed by atoms with E-state index < -0.39 is 18.2 Å². The van der Waals surface area contributed by atoms with Crippen molar-refractivity contribution in [3.63, 3.8) is 0 Å². The van der Waals surface area contributed by atoms with Crippen molar-refractivity contribution in [3.05, 3.63) is 36.5 Å². The zero-order valence-electron chi connectivity index (χ0n) is 20.1. The highest BCUT2D eigenvalue weighted by atomic mass is 16.5. The molecule has 7 nitrogen and oxygen atoms in total. The van der Waals surface area contributed by atoms with Gasteiger partial charge in [-0.15, -0.1) is 0 Å². The van der Waals surface area contributed by atoms with E-state index in [4.69, 9.17) is 4.74 Å². The number of ether oxygens (including phenoxy) is 1. The molecule has 0 aromatic rings. The number of unbranched alkanes of at least 4 members (excludes halogenated alkanes) is 4. The summed E-state index contributed by atoms with van der Waals surface area (Å²) in [4.78, 5) is 34.7. The number of carboxylic acid groups (broad SMARTS) is 1. The van der Waals surface area contributed by atoms with Crippen molar-refractivity contribution < 1.29 is 33.8 Å². The van der Waals surface area contributed by atoms with Gasteiger partial charge in [0.1, 0.15) is 6.54 Å². The minimum absolute atomic E-state index is 0.0759. The minimum atomic E-state index is -1.22. The third-order valence-electron chi connectivity index (χ3n) is 4.61. The molecule has 0 rings (SSSR count). The molecule has 0 aliphatic rings. The molecule has 0 aromatic heterocycles. The number of ketones is 1. The smallest absolute Gasteiger partial charge is 0.306 e. The molecule has 0 saturated heterocycles. The number of likely N-dealkylation sites (N-methyl/N-ethyl adjacent to an activating group) is 1. The zero-order valence-corrected chi connectivity index (χ0v) is 20.1. The maximum Gasteiger partial charge on any atom is 0.306 e. The molecule has 7 heteroatoms. The minimum Gasteiger partial charge on any atom is -0.550 e. The van der Waals surface area contributed by atoms with Crippen LogP contribution in [0.3, 0.4) is 0 Å². The second kappa shape index (κ2) is 17.3. The van der Waals surface area contributed by atoms with E-state index in [-0.39, 0.29) is 24.6 Å². The summed E-state index contributed by atoms with van der Waals surface area (Å²) in [7, 11) is 5.72. The Morgan fingerprint density at radius 2 is 1.53 bits per heavy atom. The molecule has 2 unspecified atom stereocenters. The molecule has 0 fully saturated rings. The summed E-state index contributed by atoms with van der Waals surface area (Å²) in [6.07, 6.45) is 14.4. The van der Waals surface area contributed by atoms with Crippen LogP contribution in [0.4, 0.5) is 0 Å². The lowest BCUT2D eigenvalue weighted by molar-refractivity contribution is -0.873. The predicted molar refractivity (Wildman–Crippen MR) is 123 cm³/mol. The number of nitrogens with zero attached hydrogens (tertiary/aromatic N) is 1. The fraction of sp³-hybridized carbons (Fsp3) is 0.640. The zero-order chi connectivity index (χ0) is 24.4. The van der Waals surface area contributed by atoms with E-state index in [0.29, 0.717) is 30.3 Å². The largest absolute Gasteiger partial charge is 0.550 e. The summed E-state index contributed by atoms with van der Waals surface area (Å²) in [5.41, 5.74) is 0. The van der Waals surface area contributed by atoms with Crippen molar-refractivity contribution in [2.24, 2.45) is 0 Å². The molecule has 182 valence electrons. The van der Waals surface area contributed by atoms with Gasteiger partial charge in [-0.1, -0.05) is 56.6 Å². The van der Waals surface area contributed by atoms with Gasteiger partial charge in [-0.2, -0.15) is 0 Å². The van der Waals surface area contributed by atoms with Crippen LogP contribution >= 0.6 is 0 Å². The van der Waals surface area contributed by atoms with E-state index in [1.165, 1.54) is 0 Å². The number of esters is 1. The van der Waals surface area contributed by atoms with Crippen molar-refractivity contribution in [2.45, 2.75) is 76.9 Å². The van der Waals surface area contributed by atoms with Gasteiger partial charge in [0.2, 0.25) is 0 Å². The molecule has 0 heterocycles. The van der Waals surface area contributed by atoms with Gasteiger partial charge in [0.05, 0.1) is 27.2 Å². The number of quaternary nitrogens is 1. The van der Waals surface area contributed by atoms with E-state index in [2.05, 4.69) is 0 Å². The monoisotopic (exact) mass is 451 g/mol. The molecule has 1 N–H and O–H groups in total. The number of hydrogen-bond acceptors (Lipinski definition) is 6. The Morgan fingerprint density at radius 3 is 2.12 bits per heavy atom. The normalized spacial score (nSPS) is 14.3. The first-order chi connectivity index (χ1) is 15.0. The van der Waals surface area contributed by atoms with Crippen LogP contribution in [0.1, 0.15) is 64.7 Å². The molecule has 0 bridgehead atoms. The number of carbonyl (C=O) groups excluding carboxylic acids is 3. The van der Waals surface area contributed by atoms with E-state index >= 15 is 0 Å². The molecule has 0 aliphatic heterocycles. The summed E-state index contributed by atoms with van der Waals surface area (Å²) in [6.45, 7) is 2.31. The molecule has 0 spiro atoms. The topological polar surface area (TPSA) is 104 Å². The maximum atomic E-state index is 12.0. The highest BCUT2D eigenvalue weighted by molar-refractivity contribution is 5.89. The van der Waals surface area contributed by atoms with Gasteiger partial charge >= 0.3 is 5.97 Å². The lowest BCUT2D eigenvalue weighted by Gasteiger charge is -2.29. The van der Waals surface area contributed by atoms with Gasteiger partial charge in [0.25, 0.3) is 0 Å². The molecule has 2 atom stereocenters. The van der Waals surface area contributed by atoms with E-state index in [0.717, 1.165) is 25.7 Å². The Balaban J connectivity index is 3.93. The van der Waals surface area contributed by atoms with Crippen LogP contribution in [0, 0.1) is 0 Å². The number of aliphatic carboxylic acids is 1. The number of rotatable bonds is 18. The van der Waals surface area contributed by atoms with Crippen LogP contribution in [0.25, 0.3) is 0 Å². The van der Waals surface area contributed by atoms with Gasteiger partial charge in [0.15, 0.2) is 11.9 Å². The Kier molecular flexibility index (Phi) is 16.1. The van der Waals surface area contributed by atoms with Crippen LogP contribution in [0.15, 0.2) is 36.5 Å². The average molecular weight is 452 g/mol. The molecule has 0 aromatic carbocycles. The average Bonchev–Trinajstić information content (AvgIpc) is 2.67. The Bertz CT molecular complexity index is 645. The van der Waals surface area contributed by atoms with E-state index in [1.54, 1.807) is 36.5 Å². The first-order valence-electron chi connectivity index (χ1n) is 11.5. The third-order valence-corrected chi connectivity index (χ3v) is 4.61. The molecule has 0 radical (unpaired) electrons. The van der Waals surface area contributed by atoms with Gasteiger partial charge in [-0.3, -0.25) is 9.59 Å². The second-order valence-electron chi connectivity index (χ2n) is 9.00. The Morgan fingerprint density at radius 1 is 0.938 bits per heavy atom. The maximum absolute atomic E-state index is 12.0. The van der Waals surface area contributed by atoms with Crippen molar-refractivity contribution >= 4 is 17.7 Å². The molecular formula is C25H41NO6. The number of aliphatic hydroxyl groups is 1. The first-order valence-corrected chi connectivity index (χ1v) is 11.5. The first kappa shape index (κ1) is 29.8. The molecule has 0 amide bonds. The lowest BCUT2D eigenvalue weighted by atomic mass is 10.1. The quantitative estimate of drug-likeness (QED) is 0.113. The number of carboxylic acids is 1. The van der Waals surface area contributed by atoms with Crippen molar-refractivity contribution in [2.75, 3.05) is 27.7 Å². The van der Waals surface area contributed by atoms with Crippen LogP contribution < -0.4 is 5.11 Å². The van der Waals surface area contributed by atoms with Crippen molar-refractivity contribution in [1.29, 1.82) is 0 Å².